The molecule has 3 aromatic rings. The first-order valence-corrected chi connectivity index (χ1v) is 8.41. The minimum Gasteiger partial charge on any atom is -0.345 e. The zero-order chi connectivity index (χ0) is 17.2. The first-order valence-electron chi connectivity index (χ1n) is 8.41. The Morgan fingerprint density at radius 1 is 1.32 bits per heavy atom. The third kappa shape index (κ3) is 3.24. The molecule has 1 atom stereocenters. The second kappa shape index (κ2) is 6.40. The van der Waals surface area contributed by atoms with Gasteiger partial charge < -0.3 is 10.3 Å². The van der Waals surface area contributed by atoms with E-state index in [-0.39, 0.29) is 11.9 Å². The number of carbonyl (C=O) groups excluding carboxylic acids is 1. The molecule has 2 aromatic heterocycles. The van der Waals surface area contributed by atoms with Gasteiger partial charge in [0.25, 0.3) is 5.91 Å². The Labute approximate surface area is 145 Å². The number of aromatic amines is 1. The van der Waals surface area contributed by atoms with Crippen molar-refractivity contribution in [3.63, 3.8) is 0 Å². The van der Waals surface area contributed by atoms with Gasteiger partial charge >= 0.3 is 0 Å². The van der Waals surface area contributed by atoms with Gasteiger partial charge in [0.15, 0.2) is 0 Å². The van der Waals surface area contributed by atoms with Gasteiger partial charge in [0.05, 0.1) is 17.0 Å². The van der Waals surface area contributed by atoms with Crippen molar-refractivity contribution in [2.75, 3.05) is 0 Å². The van der Waals surface area contributed by atoms with Crippen LogP contribution < -0.4 is 5.32 Å². The number of rotatable bonds is 3. The van der Waals surface area contributed by atoms with Crippen molar-refractivity contribution in [3.8, 4) is 11.8 Å². The molecule has 25 heavy (non-hydrogen) atoms. The number of nitrogens with zero attached hydrogens (tertiary/aromatic N) is 2. The molecule has 124 valence electrons. The molecule has 5 heteroatoms. The van der Waals surface area contributed by atoms with Crippen molar-refractivity contribution in [2.45, 2.75) is 25.8 Å². The Morgan fingerprint density at radius 3 is 2.88 bits per heavy atom. The summed E-state index contributed by atoms with van der Waals surface area (Å²) in [5.74, 6) is 6.62. The molecule has 1 fully saturated rings. The van der Waals surface area contributed by atoms with Crippen molar-refractivity contribution in [1.29, 1.82) is 0 Å². The highest BCUT2D eigenvalue weighted by Crippen LogP contribution is 2.28. The van der Waals surface area contributed by atoms with Crippen LogP contribution >= 0.6 is 0 Å². The van der Waals surface area contributed by atoms with E-state index in [1.165, 1.54) is 6.33 Å². The molecule has 4 rings (SSSR count). The van der Waals surface area contributed by atoms with Crippen molar-refractivity contribution < 1.29 is 4.79 Å². The third-order valence-corrected chi connectivity index (χ3v) is 4.33. The van der Waals surface area contributed by atoms with E-state index in [1.54, 1.807) is 6.20 Å². The number of aromatic nitrogens is 3. The summed E-state index contributed by atoms with van der Waals surface area (Å²) < 4.78 is 0. The second-order valence-electron chi connectivity index (χ2n) is 6.31. The van der Waals surface area contributed by atoms with Gasteiger partial charge in [-0.1, -0.05) is 36.3 Å². The molecule has 0 radical (unpaired) electrons. The lowest BCUT2D eigenvalue weighted by Gasteiger charge is -2.14. The number of hydrogen-bond acceptors (Lipinski definition) is 3. The fourth-order valence-corrected chi connectivity index (χ4v) is 2.75. The summed E-state index contributed by atoms with van der Waals surface area (Å²) in [6.07, 6.45) is 5.40. The van der Waals surface area contributed by atoms with E-state index in [0.717, 1.165) is 18.4 Å². The van der Waals surface area contributed by atoms with Crippen LogP contribution in [-0.4, -0.2) is 20.9 Å². The number of hydrogen-bond donors (Lipinski definition) is 2. The molecule has 1 aliphatic carbocycles. The van der Waals surface area contributed by atoms with E-state index in [0.29, 0.717) is 28.2 Å². The van der Waals surface area contributed by atoms with E-state index < -0.39 is 0 Å². The number of benzene rings is 1. The van der Waals surface area contributed by atoms with Gasteiger partial charge in [-0.15, -0.1) is 0 Å². The van der Waals surface area contributed by atoms with E-state index in [4.69, 9.17) is 0 Å². The number of H-pyrrole nitrogens is 1. The minimum absolute atomic E-state index is 0.104. The van der Waals surface area contributed by atoms with Gasteiger partial charge in [-0.25, -0.2) is 9.97 Å². The normalized spacial score (nSPS) is 14.6. The molecule has 0 aliphatic heterocycles. The molecule has 0 bridgehead atoms. The number of nitrogens with one attached hydrogen (secondary N) is 2. The Morgan fingerprint density at radius 2 is 2.12 bits per heavy atom. The quantitative estimate of drug-likeness (QED) is 0.725. The number of amides is 1. The molecule has 1 saturated carbocycles. The minimum atomic E-state index is -0.169. The molecule has 5 nitrogen and oxygen atoms in total. The second-order valence-corrected chi connectivity index (χ2v) is 6.31. The largest absolute Gasteiger partial charge is 0.345 e. The van der Waals surface area contributed by atoms with Crippen molar-refractivity contribution >= 4 is 16.9 Å². The molecule has 1 aliphatic rings. The zero-order valence-electron chi connectivity index (χ0n) is 13.9. The van der Waals surface area contributed by atoms with Crippen LogP contribution in [0.4, 0.5) is 0 Å². The average Bonchev–Trinajstić information content (AvgIpc) is 3.39. The van der Waals surface area contributed by atoms with E-state index in [9.17, 15) is 4.79 Å². The highest BCUT2D eigenvalue weighted by atomic mass is 16.1. The van der Waals surface area contributed by atoms with Crippen LogP contribution in [0.2, 0.25) is 0 Å². The van der Waals surface area contributed by atoms with Gasteiger partial charge in [0, 0.05) is 12.1 Å². The van der Waals surface area contributed by atoms with Crippen LogP contribution in [0.1, 0.15) is 47.4 Å². The molecule has 2 heterocycles. The fourth-order valence-electron chi connectivity index (χ4n) is 2.75. The summed E-state index contributed by atoms with van der Waals surface area (Å²) in [5, 5.41) is 3.75. The Bertz CT molecular complexity index is 977. The number of fused-ring (bicyclic) bond motifs is 1. The van der Waals surface area contributed by atoms with Crippen LogP contribution in [-0.2, 0) is 0 Å². The molecule has 1 aromatic carbocycles. The first kappa shape index (κ1) is 15.4. The Hall–Kier alpha value is -3.13. The summed E-state index contributed by atoms with van der Waals surface area (Å²) in [5.41, 5.74) is 2.82. The lowest BCUT2D eigenvalue weighted by molar-refractivity contribution is 0.0941. The maximum absolute atomic E-state index is 12.9. The molecule has 0 unspecified atom stereocenters. The maximum atomic E-state index is 12.9. The van der Waals surface area contributed by atoms with Gasteiger partial charge in [-0.05, 0) is 31.2 Å². The molecule has 2 N–H and O–H groups in total. The monoisotopic (exact) mass is 330 g/mol. The van der Waals surface area contributed by atoms with Crippen LogP contribution in [0.15, 0.2) is 42.9 Å². The van der Waals surface area contributed by atoms with E-state index in [2.05, 4.69) is 32.1 Å². The summed E-state index contributed by atoms with van der Waals surface area (Å²) >= 11 is 0. The first-order chi connectivity index (χ1) is 12.2. The molecular formula is C20H18N4O. The Balaban J connectivity index is 1.68. The van der Waals surface area contributed by atoms with Gasteiger partial charge in [0.2, 0.25) is 0 Å². The predicted molar refractivity (Wildman–Crippen MR) is 95.8 cm³/mol. The lowest BCUT2D eigenvalue weighted by Crippen LogP contribution is -2.27. The SMILES string of the molecule is C[C@@H](NC(=O)c1c(C#CC2CC2)[nH]c2ncncc12)c1ccccc1. The molecule has 0 spiro atoms. The Kier molecular flexibility index (Phi) is 3.95. The maximum Gasteiger partial charge on any atom is 0.255 e. The van der Waals surface area contributed by atoms with Crippen LogP contribution in [0.5, 0.6) is 0 Å². The molecule has 1 amide bonds. The highest BCUT2D eigenvalue weighted by molar-refractivity contribution is 6.08. The van der Waals surface area contributed by atoms with E-state index in [1.807, 2.05) is 37.3 Å². The summed E-state index contributed by atoms with van der Waals surface area (Å²) in [4.78, 5) is 24.4. The van der Waals surface area contributed by atoms with Crippen molar-refractivity contribution in [3.05, 3.63) is 59.7 Å². The average molecular weight is 330 g/mol. The summed E-state index contributed by atoms with van der Waals surface area (Å²) in [6, 6.07) is 9.77. The smallest absolute Gasteiger partial charge is 0.255 e. The van der Waals surface area contributed by atoms with Crippen LogP contribution in [0.3, 0.4) is 0 Å². The van der Waals surface area contributed by atoms with Crippen LogP contribution in [0, 0.1) is 17.8 Å². The van der Waals surface area contributed by atoms with E-state index >= 15 is 0 Å². The van der Waals surface area contributed by atoms with Gasteiger partial charge in [-0.2, -0.15) is 0 Å². The fraction of sp³-hybridized carbons (Fsp3) is 0.250. The summed E-state index contributed by atoms with van der Waals surface area (Å²) in [6.45, 7) is 1.97. The standard InChI is InChI=1S/C20H18N4O/c1-13(15-5-3-2-4-6-15)23-20(25)18-16-11-21-12-22-19(16)24-17(18)10-9-14-7-8-14/h2-6,11-14H,7-8H2,1H3,(H,23,25)(H,21,22,24)/t13-/m1/s1. The number of carbonyl (C=O) groups is 1. The molecule has 0 saturated heterocycles. The summed E-state index contributed by atoms with van der Waals surface area (Å²) in [7, 11) is 0. The predicted octanol–water partition coefficient (Wildman–Crippen LogP) is 3.21. The zero-order valence-corrected chi connectivity index (χ0v) is 13.9. The third-order valence-electron chi connectivity index (χ3n) is 4.33. The highest BCUT2D eigenvalue weighted by Gasteiger charge is 2.22. The van der Waals surface area contributed by atoms with Crippen molar-refractivity contribution in [1.82, 2.24) is 20.3 Å². The van der Waals surface area contributed by atoms with Crippen molar-refractivity contribution in [2.24, 2.45) is 5.92 Å². The topological polar surface area (TPSA) is 70.7 Å². The van der Waals surface area contributed by atoms with Gasteiger partial charge in [-0.3, -0.25) is 4.79 Å². The van der Waals surface area contributed by atoms with Crippen LogP contribution in [0.25, 0.3) is 11.0 Å². The lowest BCUT2D eigenvalue weighted by atomic mass is 10.1. The van der Waals surface area contributed by atoms with Gasteiger partial charge in [0.1, 0.15) is 17.7 Å². The molecular weight excluding hydrogens is 312 g/mol.